The zero-order valence-electron chi connectivity index (χ0n) is 17.5. The molecule has 2 aromatic carbocycles. The van der Waals surface area contributed by atoms with Crippen LogP contribution < -0.4 is 20.1 Å². The monoisotopic (exact) mass is 454 g/mol. The maximum absolute atomic E-state index is 12.8. The van der Waals surface area contributed by atoms with Gasteiger partial charge in [-0.25, -0.2) is 4.79 Å². The Morgan fingerprint density at radius 2 is 1.41 bits per heavy atom. The molecule has 9 heteroatoms. The van der Waals surface area contributed by atoms with Crippen molar-refractivity contribution in [1.82, 2.24) is 0 Å². The van der Waals surface area contributed by atoms with Crippen LogP contribution in [0.4, 0.5) is 11.4 Å². The molecule has 0 aliphatic rings. The molecule has 0 radical (unpaired) electrons. The van der Waals surface area contributed by atoms with Crippen molar-refractivity contribution in [2.75, 3.05) is 23.8 Å². The number of rotatable bonds is 9. The van der Waals surface area contributed by atoms with Gasteiger partial charge in [0.15, 0.2) is 0 Å². The number of amides is 2. The van der Waals surface area contributed by atoms with E-state index in [0.717, 1.165) is 0 Å². The average Bonchev–Trinajstić information content (AvgIpc) is 3.32. The van der Waals surface area contributed by atoms with E-state index in [0.29, 0.717) is 35.3 Å². The van der Waals surface area contributed by atoms with E-state index in [-0.39, 0.29) is 22.7 Å². The van der Waals surface area contributed by atoms with Crippen molar-refractivity contribution in [2.24, 2.45) is 0 Å². The van der Waals surface area contributed by atoms with Gasteiger partial charge in [-0.3, -0.25) is 9.59 Å². The molecule has 0 saturated heterocycles. The summed E-state index contributed by atoms with van der Waals surface area (Å²) in [4.78, 5) is 37.4. The number of aromatic carboxylic acids is 1. The molecule has 8 nitrogen and oxygen atoms in total. The van der Waals surface area contributed by atoms with Gasteiger partial charge in [0, 0.05) is 12.1 Å². The Balaban J connectivity index is 1.96. The Bertz CT molecular complexity index is 1130. The molecule has 0 bridgehead atoms. The van der Waals surface area contributed by atoms with E-state index in [1.54, 1.807) is 55.6 Å². The van der Waals surface area contributed by atoms with Crippen molar-refractivity contribution in [2.45, 2.75) is 13.8 Å². The first kappa shape index (κ1) is 22.8. The van der Waals surface area contributed by atoms with Crippen LogP contribution in [0.3, 0.4) is 0 Å². The highest BCUT2D eigenvalue weighted by Gasteiger charge is 2.20. The van der Waals surface area contributed by atoms with E-state index in [9.17, 15) is 19.5 Å². The third kappa shape index (κ3) is 5.25. The van der Waals surface area contributed by atoms with Gasteiger partial charge in [0.05, 0.1) is 40.6 Å². The smallest absolute Gasteiger partial charge is 0.336 e. The number of carbonyl (C=O) groups is 3. The zero-order valence-corrected chi connectivity index (χ0v) is 18.3. The van der Waals surface area contributed by atoms with Crippen LogP contribution in [0.15, 0.2) is 53.9 Å². The number of hydrogen-bond donors (Lipinski definition) is 3. The number of anilines is 2. The first-order valence-electron chi connectivity index (χ1n) is 9.86. The van der Waals surface area contributed by atoms with E-state index in [2.05, 4.69) is 10.6 Å². The lowest BCUT2D eigenvalue weighted by molar-refractivity contribution is 0.0692. The van der Waals surface area contributed by atoms with Crippen molar-refractivity contribution in [3.8, 4) is 11.5 Å². The Kier molecular flexibility index (Phi) is 7.45. The molecule has 1 heterocycles. The topological polar surface area (TPSA) is 114 Å². The minimum atomic E-state index is -1.21. The van der Waals surface area contributed by atoms with Gasteiger partial charge in [0.1, 0.15) is 11.5 Å². The third-order valence-corrected chi connectivity index (χ3v) is 5.19. The number of carboxylic acids is 1. The highest BCUT2D eigenvalue weighted by Crippen LogP contribution is 2.37. The predicted octanol–water partition coefficient (Wildman–Crippen LogP) is 4.75. The molecule has 3 N–H and O–H groups in total. The van der Waals surface area contributed by atoms with Gasteiger partial charge in [-0.1, -0.05) is 18.2 Å². The normalized spacial score (nSPS) is 10.3. The van der Waals surface area contributed by atoms with E-state index < -0.39 is 11.9 Å². The average molecular weight is 455 g/mol. The van der Waals surface area contributed by atoms with Gasteiger partial charge in [-0.15, -0.1) is 11.3 Å². The molecule has 32 heavy (non-hydrogen) atoms. The van der Waals surface area contributed by atoms with Crippen molar-refractivity contribution >= 4 is 40.5 Å². The molecule has 0 aliphatic carbocycles. The molecular formula is C23H22N2O6S. The van der Waals surface area contributed by atoms with Gasteiger partial charge in [0.25, 0.3) is 11.8 Å². The molecule has 0 aliphatic heterocycles. The molecule has 1 aromatic heterocycles. The van der Waals surface area contributed by atoms with Crippen molar-refractivity contribution in [3.05, 3.63) is 69.9 Å². The van der Waals surface area contributed by atoms with Gasteiger partial charge in [-0.2, -0.15) is 0 Å². The number of thiophene rings is 1. The summed E-state index contributed by atoms with van der Waals surface area (Å²) < 4.78 is 11.3. The summed E-state index contributed by atoms with van der Waals surface area (Å²) in [5.41, 5.74) is 0.565. The molecule has 0 atom stereocenters. The SMILES string of the molecule is CCOc1cc(NC(=O)c2ccccc2C(=O)O)c(OCC)cc1NC(=O)c1cccs1. The molecule has 0 fully saturated rings. The van der Waals surface area contributed by atoms with E-state index in [4.69, 9.17) is 9.47 Å². The molecular weight excluding hydrogens is 432 g/mol. The second-order valence-corrected chi connectivity index (χ2v) is 7.39. The fraction of sp³-hybridized carbons (Fsp3) is 0.174. The number of nitrogens with one attached hydrogen (secondary N) is 2. The molecule has 0 unspecified atom stereocenters. The molecule has 3 aromatic rings. The summed E-state index contributed by atoms with van der Waals surface area (Å²) in [7, 11) is 0. The second kappa shape index (κ2) is 10.5. The van der Waals surface area contributed by atoms with E-state index in [1.165, 1.54) is 23.5 Å². The lowest BCUT2D eigenvalue weighted by Crippen LogP contribution is -2.17. The summed E-state index contributed by atoms with van der Waals surface area (Å²) in [6.07, 6.45) is 0. The van der Waals surface area contributed by atoms with Crippen LogP contribution in [0.1, 0.15) is 44.2 Å². The van der Waals surface area contributed by atoms with Crippen LogP contribution in [-0.2, 0) is 0 Å². The fourth-order valence-electron chi connectivity index (χ4n) is 2.95. The Hall–Kier alpha value is -3.85. The highest BCUT2D eigenvalue weighted by molar-refractivity contribution is 7.12. The second-order valence-electron chi connectivity index (χ2n) is 6.45. The zero-order chi connectivity index (χ0) is 23.1. The number of carbonyl (C=O) groups excluding carboxylic acids is 2. The molecule has 0 saturated carbocycles. The Labute approximate surface area is 188 Å². The van der Waals surface area contributed by atoms with Gasteiger partial charge in [-0.05, 0) is 37.4 Å². The fourth-order valence-corrected chi connectivity index (χ4v) is 3.57. The minimum absolute atomic E-state index is 0.00971. The number of benzene rings is 2. The lowest BCUT2D eigenvalue weighted by Gasteiger charge is -2.18. The van der Waals surface area contributed by atoms with Gasteiger partial charge < -0.3 is 25.2 Å². The number of ether oxygens (including phenoxy) is 2. The van der Waals surface area contributed by atoms with Crippen molar-refractivity contribution in [1.29, 1.82) is 0 Å². The molecule has 3 rings (SSSR count). The van der Waals surface area contributed by atoms with Crippen LogP contribution in [0.2, 0.25) is 0 Å². The van der Waals surface area contributed by atoms with Crippen LogP contribution in [0.5, 0.6) is 11.5 Å². The predicted molar refractivity (Wildman–Crippen MR) is 122 cm³/mol. The van der Waals surface area contributed by atoms with E-state index in [1.807, 2.05) is 0 Å². The Morgan fingerprint density at radius 3 is 1.91 bits per heavy atom. The van der Waals surface area contributed by atoms with Crippen LogP contribution in [-0.4, -0.2) is 36.1 Å². The van der Waals surface area contributed by atoms with Crippen LogP contribution in [0, 0.1) is 0 Å². The quantitative estimate of drug-likeness (QED) is 0.430. The summed E-state index contributed by atoms with van der Waals surface area (Å²) in [6.45, 7) is 4.21. The number of hydrogen-bond acceptors (Lipinski definition) is 6. The maximum Gasteiger partial charge on any atom is 0.336 e. The standard InChI is InChI=1S/C23H22N2O6S/c1-3-30-18-13-17(25-22(27)20-10-7-11-32-20)19(31-4-2)12-16(18)24-21(26)14-8-5-6-9-15(14)23(28)29/h5-13H,3-4H2,1-2H3,(H,24,26)(H,25,27)(H,28,29). The van der Waals surface area contributed by atoms with E-state index >= 15 is 0 Å². The minimum Gasteiger partial charge on any atom is -0.492 e. The molecule has 2 amide bonds. The Morgan fingerprint density at radius 1 is 0.844 bits per heavy atom. The first-order valence-corrected chi connectivity index (χ1v) is 10.7. The lowest BCUT2D eigenvalue weighted by atomic mass is 10.1. The maximum atomic E-state index is 12.8. The molecule has 166 valence electrons. The molecule has 0 spiro atoms. The third-order valence-electron chi connectivity index (χ3n) is 4.32. The van der Waals surface area contributed by atoms with Gasteiger partial charge >= 0.3 is 5.97 Å². The summed E-state index contributed by atoms with van der Waals surface area (Å²) in [5, 5.41) is 16.7. The summed E-state index contributed by atoms with van der Waals surface area (Å²) >= 11 is 1.31. The first-order chi connectivity index (χ1) is 15.4. The van der Waals surface area contributed by atoms with Crippen LogP contribution in [0.25, 0.3) is 0 Å². The summed E-state index contributed by atoms with van der Waals surface area (Å²) in [6, 6.07) is 12.5. The number of carboxylic acid groups (broad SMARTS) is 1. The highest BCUT2D eigenvalue weighted by atomic mass is 32.1. The van der Waals surface area contributed by atoms with Crippen molar-refractivity contribution in [3.63, 3.8) is 0 Å². The van der Waals surface area contributed by atoms with Crippen molar-refractivity contribution < 1.29 is 29.0 Å². The summed E-state index contributed by atoms with van der Waals surface area (Å²) in [5.74, 6) is -1.47. The van der Waals surface area contributed by atoms with Crippen LogP contribution >= 0.6 is 11.3 Å². The van der Waals surface area contributed by atoms with Gasteiger partial charge in [0.2, 0.25) is 0 Å². The largest absolute Gasteiger partial charge is 0.492 e.